The lowest BCUT2D eigenvalue weighted by Crippen LogP contribution is -2.53. The van der Waals surface area contributed by atoms with Crippen LogP contribution in [0.5, 0.6) is 5.75 Å². The minimum atomic E-state index is -1.14. The van der Waals surface area contributed by atoms with E-state index < -0.39 is 35.0 Å². The molecular weight excluding hydrogens is 508 g/mol. The predicted molar refractivity (Wildman–Crippen MR) is 142 cm³/mol. The van der Waals surface area contributed by atoms with E-state index in [0.717, 1.165) is 18.2 Å². The number of phenolic OH excluding ortho intramolecular Hbond substituents is 1. The van der Waals surface area contributed by atoms with Crippen molar-refractivity contribution in [1.29, 1.82) is 5.41 Å². The molecule has 0 aromatic heterocycles. The first-order valence-electron chi connectivity index (χ1n) is 12.2. The van der Waals surface area contributed by atoms with Crippen LogP contribution in [-0.2, 0) is 32.0 Å². The number of carbonyl (C=O) groups is 3. The molecule has 2 rings (SSSR count). The van der Waals surface area contributed by atoms with Gasteiger partial charge in [-0.2, -0.15) is 0 Å². The number of aryl methyl sites for hydroxylation is 1. The van der Waals surface area contributed by atoms with Crippen LogP contribution in [0.1, 0.15) is 30.4 Å². The average molecular weight is 543 g/mol. The Labute approximate surface area is 226 Å². The van der Waals surface area contributed by atoms with Crippen LogP contribution in [-0.4, -0.2) is 76.6 Å². The number of ether oxygens (including phenoxy) is 1. The molecule has 210 valence electrons. The number of hydrogen-bond donors (Lipinski definition) is 4. The van der Waals surface area contributed by atoms with Gasteiger partial charge >= 0.3 is 5.97 Å². The zero-order valence-corrected chi connectivity index (χ0v) is 21.9. The van der Waals surface area contributed by atoms with Crippen molar-refractivity contribution in [2.45, 2.75) is 44.2 Å². The van der Waals surface area contributed by atoms with Crippen molar-refractivity contribution in [3.8, 4) is 5.75 Å². The molecule has 0 spiro atoms. The fourth-order valence-electron chi connectivity index (χ4n) is 3.90. The van der Waals surface area contributed by atoms with Gasteiger partial charge in [-0.25, -0.2) is 14.9 Å². The summed E-state index contributed by atoms with van der Waals surface area (Å²) >= 11 is 0. The van der Waals surface area contributed by atoms with E-state index in [9.17, 15) is 29.6 Å². The van der Waals surface area contributed by atoms with Crippen molar-refractivity contribution < 1.29 is 29.3 Å². The van der Waals surface area contributed by atoms with E-state index in [2.05, 4.69) is 5.32 Å². The number of carbonyl (C=O) groups excluding carboxylic acids is 3. The summed E-state index contributed by atoms with van der Waals surface area (Å²) in [4.78, 5) is 51.3. The van der Waals surface area contributed by atoms with Gasteiger partial charge in [0.15, 0.2) is 5.03 Å². The largest absolute Gasteiger partial charge is 0.508 e. The first kappa shape index (κ1) is 30.5. The van der Waals surface area contributed by atoms with Crippen LogP contribution in [0.2, 0.25) is 0 Å². The number of rotatable bonds is 14. The fourth-order valence-corrected chi connectivity index (χ4v) is 3.90. The molecule has 39 heavy (non-hydrogen) atoms. The molecule has 0 bridgehead atoms. The zero-order chi connectivity index (χ0) is 28.9. The average Bonchev–Trinajstić information content (AvgIpc) is 2.92. The number of hydrazine groups is 1. The number of likely N-dealkylation sites (N-methyl/N-ethyl adjacent to an activating group) is 1. The normalized spacial score (nSPS) is 12.1. The third kappa shape index (κ3) is 9.61. The van der Waals surface area contributed by atoms with E-state index in [1.54, 1.807) is 12.1 Å². The molecule has 2 aromatic rings. The minimum Gasteiger partial charge on any atom is -0.508 e. The number of nitrogens with one attached hydrogen (secondary N) is 2. The van der Waals surface area contributed by atoms with E-state index in [4.69, 9.17) is 15.9 Å². The number of phenols is 1. The maximum Gasteiger partial charge on any atom is 0.328 e. The van der Waals surface area contributed by atoms with Crippen LogP contribution < -0.4 is 11.1 Å². The second-order valence-electron chi connectivity index (χ2n) is 8.85. The Morgan fingerprint density at radius 2 is 1.77 bits per heavy atom. The second-order valence-corrected chi connectivity index (χ2v) is 8.85. The molecule has 5 N–H and O–H groups in total. The standard InChI is InChI=1S/C26H34N6O7/c1-30(23(34)15-12-18-10-13-20(33)14-11-18)22(17-19-7-4-3-5-8-19)24(35)29-21(25(36)39-2)9-6-16-31(26(27)28)32(37)38/h3-5,7-8,10-11,13-14,21-22,33H,6,9,12,15-17H2,1-2H3,(H3,27,28)(H,29,35)/t21-,22-/m0/s1. The van der Waals surface area contributed by atoms with Gasteiger partial charge < -0.3 is 25.8 Å². The zero-order valence-electron chi connectivity index (χ0n) is 21.9. The van der Waals surface area contributed by atoms with E-state index in [1.807, 2.05) is 30.3 Å². The van der Waals surface area contributed by atoms with Gasteiger partial charge in [-0.15, -0.1) is 0 Å². The maximum atomic E-state index is 13.4. The van der Waals surface area contributed by atoms with Crippen molar-refractivity contribution in [3.63, 3.8) is 0 Å². The monoisotopic (exact) mass is 542 g/mol. The summed E-state index contributed by atoms with van der Waals surface area (Å²) in [7, 11) is 2.67. The summed E-state index contributed by atoms with van der Waals surface area (Å²) in [5.41, 5.74) is 6.87. The predicted octanol–water partition coefficient (Wildman–Crippen LogP) is 1.22. The van der Waals surface area contributed by atoms with Gasteiger partial charge in [0.05, 0.1) is 13.7 Å². The number of esters is 1. The van der Waals surface area contributed by atoms with Crippen LogP contribution >= 0.6 is 0 Å². The quantitative estimate of drug-likeness (QED) is 0.0893. The number of methoxy groups -OCH3 is 1. The van der Waals surface area contributed by atoms with Crippen molar-refractivity contribution >= 4 is 23.7 Å². The molecule has 0 aliphatic heterocycles. The van der Waals surface area contributed by atoms with Gasteiger partial charge in [0.2, 0.25) is 11.8 Å². The highest BCUT2D eigenvalue weighted by molar-refractivity contribution is 5.91. The van der Waals surface area contributed by atoms with E-state index in [0.29, 0.717) is 11.4 Å². The van der Waals surface area contributed by atoms with Crippen LogP contribution in [0, 0.1) is 15.5 Å². The molecule has 0 aliphatic rings. The van der Waals surface area contributed by atoms with Crippen molar-refractivity contribution in [3.05, 3.63) is 75.8 Å². The molecule has 0 fully saturated rings. The molecule has 2 atom stereocenters. The fraction of sp³-hybridized carbons (Fsp3) is 0.385. The maximum absolute atomic E-state index is 13.4. The van der Waals surface area contributed by atoms with Crippen LogP contribution in [0.25, 0.3) is 0 Å². The summed E-state index contributed by atoms with van der Waals surface area (Å²) in [5, 5.41) is 30.0. The van der Waals surface area contributed by atoms with Gasteiger partial charge in [0.1, 0.15) is 17.8 Å². The molecular formula is C26H34N6O7. The number of nitro groups is 1. The molecule has 0 saturated carbocycles. The number of hydrogen-bond acceptors (Lipinski definition) is 8. The summed E-state index contributed by atoms with van der Waals surface area (Å²) in [5.74, 6) is -2.27. The molecule has 0 saturated heterocycles. The van der Waals surface area contributed by atoms with E-state index in [1.165, 1.54) is 24.1 Å². The third-order valence-electron chi connectivity index (χ3n) is 6.14. The highest BCUT2D eigenvalue weighted by Gasteiger charge is 2.31. The molecule has 0 unspecified atom stereocenters. The number of nitrogens with zero attached hydrogens (tertiary/aromatic N) is 3. The molecule has 2 aromatic carbocycles. The van der Waals surface area contributed by atoms with Crippen molar-refractivity contribution in [2.75, 3.05) is 20.7 Å². The first-order valence-corrected chi connectivity index (χ1v) is 12.2. The molecule has 0 radical (unpaired) electrons. The number of amides is 2. The third-order valence-corrected chi connectivity index (χ3v) is 6.14. The Morgan fingerprint density at radius 3 is 2.33 bits per heavy atom. The van der Waals surface area contributed by atoms with Gasteiger partial charge in [-0.1, -0.05) is 47.5 Å². The molecule has 13 heteroatoms. The lowest BCUT2D eigenvalue weighted by molar-refractivity contribution is -0.629. The SMILES string of the molecule is COC(=O)[C@H](CCCN(C(=N)N)[N+](=O)[O-])NC(=O)[C@H](Cc1ccccc1)N(C)C(=O)CCc1ccc(O)cc1. The Kier molecular flexibility index (Phi) is 11.7. The Morgan fingerprint density at radius 1 is 1.13 bits per heavy atom. The van der Waals surface area contributed by atoms with Crippen LogP contribution in [0.15, 0.2) is 54.6 Å². The minimum absolute atomic E-state index is 0.0212. The lowest BCUT2D eigenvalue weighted by atomic mass is 10.0. The Hall–Kier alpha value is -4.68. The van der Waals surface area contributed by atoms with Gasteiger partial charge in [0, 0.05) is 19.9 Å². The number of benzene rings is 2. The summed E-state index contributed by atoms with van der Waals surface area (Å²) < 4.78 is 4.80. The Balaban J connectivity index is 2.15. The summed E-state index contributed by atoms with van der Waals surface area (Å²) in [6, 6.07) is 13.5. The smallest absolute Gasteiger partial charge is 0.328 e. The van der Waals surface area contributed by atoms with E-state index in [-0.39, 0.29) is 43.9 Å². The topological polar surface area (TPSA) is 192 Å². The lowest BCUT2D eigenvalue weighted by Gasteiger charge is -2.29. The highest BCUT2D eigenvalue weighted by Crippen LogP contribution is 2.15. The number of guanidine groups is 1. The van der Waals surface area contributed by atoms with Crippen LogP contribution in [0.3, 0.4) is 0 Å². The second kappa shape index (κ2) is 14.9. The van der Waals surface area contributed by atoms with Gasteiger partial charge in [-0.3, -0.25) is 15.0 Å². The first-order chi connectivity index (χ1) is 18.5. The Bertz CT molecular complexity index is 1130. The van der Waals surface area contributed by atoms with Crippen LogP contribution in [0.4, 0.5) is 0 Å². The van der Waals surface area contributed by atoms with Crippen molar-refractivity contribution in [2.24, 2.45) is 5.73 Å². The summed E-state index contributed by atoms with van der Waals surface area (Å²) in [6.07, 6.45) is 0.721. The summed E-state index contributed by atoms with van der Waals surface area (Å²) in [6.45, 7) is -0.255. The van der Waals surface area contributed by atoms with Gasteiger partial charge in [-0.05, 0) is 42.5 Å². The molecule has 2 amide bonds. The molecule has 0 aliphatic carbocycles. The number of nitrogens with two attached hydrogens (primary N) is 1. The van der Waals surface area contributed by atoms with Gasteiger partial charge in [0.25, 0.3) is 5.96 Å². The molecule has 13 nitrogen and oxygen atoms in total. The molecule has 0 heterocycles. The highest BCUT2D eigenvalue weighted by atomic mass is 16.7. The van der Waals surface area contributed by atoms with Crippen molar-refractivity contribution in [1.82, 2.24) is 15.2 Å². The van der Waals surface area contributed by atoms with E-state index >= 15 is 0 Å². The number of aromatic hydroxyl groups is 1.